The second-order valence-electron chi connectivity index (χ2n) is 5.74. The Kier molecular flexibility index (Phi) is 4.35. The minimum absolute atomic E-state index is 0.781. The lowest BCUT2D eigenvalue weighted by atomic mass is 10.1. The van der Waals surface area contributed by atoms with Crippen molar-refractivity contribution in [2.75, 3.05) is 0 Å². The lowest BCUT2D eigenvalue weighted by molar-refractivity contribution is 0.760. The highest BCUT2D eigenvalue weighted by Gasteiger charge is 2.09. The number of benzene rings is 2. The van der Waals surface area contributed by atoms with Gasteiger partial charge in [0.25, 0.3) is 0 Å². The van der Waals surface area contributed by atoms with Gasteiger partial charge in [-0.1, -0.05) is 41.4 Å². The van der Waals surface area contributed by atoms with E-state index >= 15 is 0 Å². The van der Waals surface area contributed by atoms with Crippen molar-refractivity contribution >= 4 is 22.5 Å². The van der Waals surface area contributed by atoms with Gasteiger partial charge in [0, 0.05) is 28.2 Å². The summed E-state index contributed by atoms with van der Waals surface area (Å²) in [6.07, 6.45) is 4.00. The van der Waals surface area contributed by atoms with Crippen LogP contribution in [0.4, 0.5) is 0 Å². The van der Waals surface area contributed by atoms with Gasteiger partial charge in [-0.2, -0.15) is 0 Å². The Morgan fingerprint density at radius 3 is 2.59 bits per heavy atom. The SMILES string of the molecule is C=CCCc1cc2cc(C)ccc2n1Cc1ccc(Cl)cc1. The zero-order valence-electron chi connectivity index (χ0n) is 12.8. The lowest BCUT2D eigenvalue weighted by Crippen LogP contribution is -2.04. The van der Waals surface area contributed by atoms with Crippen LogP contribution in [0, 0.1) is 6.92 Å². The molecule has 3 aromatic rings. The third-order valence-corrected chi connectivity index (χ3v) is 4.25. The summed E-state index contributed by atoms with van der Waals surface area (Å²) in [5.41, 5.74) is 5.21. The van der Waals surface area contributed by atoms with Crippen LogP contribution in [-0.4, -0.2) is 4.57 Å². The fourth-order valence-corrected chi connectivity index (χ4v) is 2.99. The Labute approximate surface area is 136 Å². The molecular weight excluding hydrogens is 290 g/mol. The Balaban J connectivity index is 2.04. The van der Waals surface area contributed by atoms with E-state index in [0.717, 1.165) is 24.4 Å². The molecule has 0 bridgehead atoms. The molecule has 0 aliphatic carbocycles. The van der Waals surface area contributed by atoms with Crippen molar-refractivity contribution in [3.8, 4) is 0 Å². The summed E-state index contributed by atoms with van der Waals surface area (Å²) in [6, 6.07) is 17.1. The Morgan fingerprint density at radius 1 is 1.09 bits per heavy atom. The average molecular weight is 310 g/mol. The second-order valence-corrected chi connectivity index (χ2v) is 6.17. The number of hydrogen-bond acceptors (Lipinski definition) is 0. The number of hydrogen-bond donors (Lipinski definition) is 0. The highest BCUT2D eigenvalue weighted by molar-refractivity contribution is 6.30. The fraction of sp³-hybridized carbons (Fsp3) is 0.200. The van der Waals surface area contributed by atoms with Crippen LogP contribution in [0.25, 0.3) is 10.9 Å². The molecule has 0 aliphatic heterocycles. The van der Waals surface area contributed by atoms with Crippen LogP contribution in [0.1, 0.15) is 23.2 Å². The van der Waals surface area contributed by atoms with Crippen LogP contribution in [0.15, 0.2) is 61.2 Å². The monoisotopic (exact) mass is 309 g/mol. The van der Waals surface area contributed by atoms with E-state index in [9.17, 15) is 0 Å². The Bertz CT molecular complexity index is 796. The largest absolute Gasteiger partial charge is 0.340 e. The molecule has 0 aliphatic rings. The van der Waals surface area contributed by atoms with Gasteiger partial charge in [-0.05, 0) is 55.7 Å². The summed E-state index contributed by atoms with van der Waals surface area (Å²) >= 11 is 5.99. The fourth-order valence-electron chi connectivity index (χ4n) is 2.86. The molecular formula is C20H20ClN. The maximum Gasteiger partial charge on any atom is 0.0485 e. The van der Waals surface area contributed by atoms with Crippen LogP contribution in [-0.2, 0) is 13.0 Å². The van der Waals surface area contributed by atoms with E-state index in [1.165, 1.54) is 27.7 Å². The van der Waals surface area contributed by atoms with Crippen molar-refractivity contribution in [2.24, 2.45) is 0 Å². The number of nitrogens with zero attached hydrogens (tertiary/aromatic N) is 1. The van der Waals surface area contributed by atoms with E-state index < -0.39 is 0 Å². The molecule has 0 radical (unpaired) electrons. The number of halogens is 1. The highest BCUT2D eigenvalue weighted by atomic mass is 35.5. The molecule has 3 rings (SSSR count). The van der Waals surface area contributed by atoms with Gasteiger partial charge in [0.15, 0.2) is 0 Å². The first-order valence-electron chi connectivity index (χ1n) is 7.61. The third-order valence-electron chi connectivity index (χ3n) is 4.00. The average Bonchev–Trinajstić information content (AvgIpc) is 2.84. The van der Waals surface area contributed by atoms with Gasteiger partial charge >= 0.3 is 0 Å². The maximum absolute atomic E-state index is 5.99. The second kappa shape index (κ2) is 6.41. The third kappa shape index (κ3) is 3.10. The number of rotatable bonds is 5. The van der Waals surface area contributed by atoms with Crippen molar-refractivity contribution in [2.45, 2.75) is 26.3 Å². The van der Waals surface area contributed by atoms with Gasteiger partial charge in [-0.25, -0.2) is 0 Å². The Hall–Kier alpha value is -1.99. The van der Waals surface area contributed by atoms with Crippen LogP contribution in [0.5, 0.6) is 0 Å². The molecule has 0 N–H and O–H groups in total. The van der Waals surface area contributed by atoms with E-state index in [-0.39, 0.29) is 0 Å². The molecule has 2 aromatic carbocycles. The smallest absolute Gasteiger partial charge is 0.0485 e. The summed E-state index contributed by atoms with van der Waals surface area (Å²) in [5, 5.41) is 2.09. The molecule has 0 spiro atoms. The molecule has 0 saturated carbocycles. The summed E-state index contributed by atoms with van der Waals surface area (Å²) in [6.45, 7) is 6.85. The van der Waals surface area contributed by atoms with Gasteiger partial charge in [0.05, 0.1) is 0 Å². The van der Waals surface area contributed by atoms with Gasteiger partial charge in [0.1, 0.15) is 0 Å². The van der Waals surface area contributed by atoms with E-state index in [0.29, 0.717) is 0 Å². The van der Waals surface area contributed by atoms with Crippen molar-refractivity contribution in [1.29, 1.82) is 0 Å². The molecule has 112 valence electrons. The molecule has 1 heterocycles. The summed E-state index contributed by atoms with van der Waals surface area (Å²) in [5.74, 6) is 0. The number of aromatic nitrogens is 1. The normalized spacial score (nSPS) is 11.0. The minimum Gasteiger partial charge on any atom is -0.340 e. The van der Waals surface area contributed by atoms with Crippen LogP contribution in [0.2, 0.25) is 5.02 Å². The van der Waals surface area contributed by atoms with Gasteiger partial charge < -0.3 is 4.57 Å². The molecule has 2 heteroatoms. The predicted molar refractivity (Wildman–Crippen MR) is 95.7 cm³/mol. The minimum atomic E-state index is 0.781. The van der Waals surface area contributed by atoms with E-state index in [2.05, 4.69) is 54.5 Å². The van der Waals surface area contributed by atoms with Crippen LogP contribution < -0.4 is 0 Å². The quantitative estimate of drug-likeness (QED) is 0.527. The van der Waals surface area contributed by atoms with Gasteiger partial charge in [0.2, 0.25) is 0 Å². The van der Waals surface area contributed by atoms with Gasteiger partial charge in [-0.15, -0.1) is 6.58 Å². The first kappa shape index (κ1) is 14.9. The summed E-state index contributed by atoms with van der Waals surface area (Å²) in [7, 11) is 0. The van der Waals surface area contributed by atoms with Crippen LogP contribution in [0.3, 0.4) is 0 Å². The number of fused-ring (bicyclic) bond motifs is 1. The number of aryl methyl sites for hydroxylation is 2. The maximum atomic E-state index is 5.99. The first-order chi connectivity index (χ1) is 10.7. The summed E-state index contributed by atoms with van der Waals surface area (Å²) in [4.78, 5) is 0. The Morgan fingerprint density at radius 2 is 1.86 bits per heavy atom. The highest BCUT2D eigenvalue weighted by Crippen LogP contribution is 2.24. The van der Waals surface area contributed by atoms with Crippen molar-refractivity contribution in [1.82, 2.24) is 4.57 Å². The molecule has 0 amide bonds. The molecule has 1 nitrogen and oxygen atoms in total. The molecule has 0 unspecified atom stereocenters. The van der Waals surface area contributed by atoms with Crippen LogP contribution >= 0.6 is 11.6 Å². The van der Waals surface area contributed by atoms with Crippen molar-refractivity contribution in [3.05, 3.63) is 83.0 Å². The first-order valence-corrected chi connectivity index (χ1v) is 7.99. The standard InChI is InChI=1S/C20H20ClN/c1-3-4-5-19-13-17-12-15(2)6-11-20(17)22(19)14-16-7-9-18(21)10-8-16/h3,6-13H,1,4-5,14H2,2H3. The summed E-state index contributed by atoms with van der Waals surface area (Å²) < 4.78 is 2.40. The molecule has 0 fully saturated rings. The van der Waals surface area contributed by atoms with Crippen molar-refractivity contribution in [3.63, 3.8) is 0 Å². The molecule has 22 heavy (non-hydrogen) atoms. The predicted octanol–water partition coefficient (Wildman–Crippen LogP) is 5.77. The number of allylic oxidation sites excluding steroid dienone is 1. The van der Waals surface area contributed by atoms with E-state index in [4.69, 9.17) is 11.6 Å². The lowest BCUT2D eigenvalue weighted by Gasteiger charge is -2.11. The topological polar surface area (TPSA) is 4.93 Å². The molecule has 0 saturated heterocycles. The zero-order chi connectivity index (χ0) is 15.5. The van der Waals surface area contributed by atoms with Crippen molar-refractivity contribution < 1.29 is 0 Å². The molecule has 0 atom stereocenters. The van der Waals surface area contributed by atoms with E-state index in [1.807, 2.05) is 18.2 Å². The van der Waals surface area contributed by atoms with E-state index in [1.54, 1.807) is 0 Å². The zero-order valence-corrected chi connectivity index (χ0v) is 13.6. The van der Waals surface area contributed by atoms with Gasteiger partial charge in [-0.3, -0.25) is 0 Å². The molecule has 1 aromatic heterocycles.